The minimum atomic E-state index is -3.58. The Kier molecular flexibility index (Phi) is 6.59. The molecular formula is C19H27ClN2O3S. The van der Waals surface area contributed by atoms with Crippen molar-refractivity contribution in [2.75, 3.05) is 13.1 Å². The molecule has 1 aromatic rings. The quantitative estimate of drug-likeness (QED) is 0.780. The molecule has 1 amide bonds. The molecular weight excluding hydrogens is 372 g/mol. The van der Waals surface area contributed by atoms with E-state index in [1.54, 1.807) is 0 Å². The van der Waals surface area contributed by atoms with E-state index >= 15 is 0 Å². The minimum Gasteiger partial charge on any atom is -0.349 e. The van der Waals surface area contributed by atoms with Crippen LogP contribution in [-0.2, 0) is 10.0 Å². The molecule has 1 saturated carbocycles. The van der Waals surface area contributed by atoms with Gasteiger partial charge in [-0.3, -0.25) is 4.79 Å². The Hall–Kier alpha value is -1.11. The number of nitrogens with zero attached hydrogens (tertiary/aromatic N) is 1. The van der Waals surface area contributed by atoms with Crippen LogP contribution in [0.5, 0.6) is 0 Å². The number of carbonyl (C=O) groups is 1. The van der Waals surface area contributed by atoms with E-state index in [0.717, 1.165) is 44.9 Å². The van der Waals surface area contributed by atoms with Crippen LogP contribution >= 0.6 is 11.6 Å². The molecule has 1 aromatic carbocycles. The highest BCUT2D eigenvalue weighted by Crippen LogP contribution is 2.26. The highest BCUT2D eigenvalue weighted by atomic mass is 35.5. The number of hydrogen-bond acceptors (Lipinski definition) is 3. The number of rotatable bonds is 4. The third-order valence-electron chi connectivity index (χ3n) is 5.33. The lowest BCUT2D eigenvalue weighted by Crippen LogP contribution is -2.36. The fourth-order valence-corrected chi connectivity index (χ4v) is 5.53. The van der Waals surface area contributed by atoms with E-state index in [1.807, 2.05) is 0 Å². The number of nitrogens with one attached hydrogen (secondary N) is 1. The summed E-state index contributed by atoms with van der Waals surface area (Å²) in [6.45, 7) is 1.07. The van der Waals surface area contributed by atoms with Gasteiger partial charge in [-0.2, -0.15) is 4.31 Å². The lowest BCUT2D eigenvalue weighted by Gasteiger charge is -2.26. The maximum Gasteiger partial charge on any atom is 0.253 e. The van der Waals surface area contributed by atoms with Crippen molar-refractivity contribution < 1.29 is 13.2 Å². The third kappa shape index (κ3) is 4.59. The number of amides is 1. The van der Waals surface area contributed by atoms with Crippen LogP contribution in [0.3, 0.4) is 0 Å². The zero-order valence-electron chi connectivity index (χ0n) is 15.0. The molecule has 0 aromatic heterocycles. The second-order valence-corrected chi connectivity index (χ2v) is 9.61. The highest BCUT2D eigenvalue weighted by molar-refractivity contribution is 7.89. The smallest absolute Gasteiger partial charge is 0.253 e. The topological polar surface area (TPSA) is 66.5 Å². The average molecular weight is 399 g/mol. The molecule has 7 heteroatoms. The van der Waals surface area contributed by atoms with Gasteiger partial charge in [0.2, 0.25) is 10.0 Å². The number of carbonyl (C=O) groups excluding carboxylic acids is 1. The summed E-state index contributed by atoms with van der Waals surface area (Å²) in [4.78, 5) is 12.8. The Morgan fingerprint density at radius 2 is 1.62 bits per heavy atom. The van der Waals surface area contributed by atoms with E-state index < -0.39 is 10.0 Å². The molecule has 2 aliphatic rings. The molecule has 0 atom stereocenters. The lowest BCUT2D eigenvalue weighted by atomic mass is 10.1. The molecule has 1 saturated heterocycles. The van der Waals surface area contributed by atoms with E-state index in [1.165, 1.54) is 35.3 Å². The van der Waals surface area contributed by atoms with Crippen LogP contribution in [0.25, 0.3) is 0 Å². The lowest BCUT2D eigenvalue weighted by molar-refractivity contribution is 0.0933. The summed E-state index contributed by atoms with van der Waals surface area (Å²) < 4.78 is 27.2. The van der Waals surface area contributed by atoms with Gasteiger partial charge in [-0.05, 0) is 43.9 Å². The predicted molar refractivity (Wildman–Crippen MR) is 103 cm³/mol. The SMILES string of the molecule is O=C(NC1CCCCCC1)c1cc(S(=O)(=O)N2CCCCC2)ccc1Cl. The van der Waals surface area contributed by atoms with Gasteiger partial charge in [-0.15, -0.1) is 0 Å². The van der Waals surface area contributed by atoms with E-state index in [2.05, 4.69) is 5.32 Å². The molecule has 0 unspecified atom stereocenters. The van der Waals surface area contributed by atoms with Crippen molar-refractivity contribution in [3.8, 4) is 0 Å². The van der Waals surface area contributed by atoms with Crippen molar-refractivity contribution >= 4 is 27.5 Å². The third-order valence-corrected chi connectivity index (χ3v) is 7.55. The summed E-state index contributed by atoms with van der Waals surface area (Å²) in [6.07, 6.45) is 9.38. The first-order valence-corrected chi connectivity index (χ1v) is 11.4. The van der Waals surface area contributed by atoms with Gasteiger partial charge in [0.15, 0.2) is 0 Å². The molecule has 1 heterocycles. The van der Waals surface area contributed by atoms with E-state index in [0.29, 0.717) is 13.1 Å². The Bertz CT molecular complexity index is 737. The fourth-order valence-electron chi connectivity index (χ4n) is 3.78. The Balaban J connectivity index is 1.79. The summed E-state index contributed by atoms with van der Waals surface area (Å²) in [5, 5.41) is 3.33. The summed E-state index contributed by atoms with van der Waals surface area (Å²) in [7, 11) is -3.58. The van der Waals surface area contributed by atoms with Crippen LogP contribution < -0.4 is 5.32 Å². The van der Waals surface area contributed by atoms with Gasteiger partial charge >= 0.3 is 0 Å². The van der Waals surface area contributed by atoms with Gasteiger partial charge < -0.3 is 5.32 Å². The van der Waals surface area contributed by atoms with Crippen molar-refractivity contribution in [2.45, 2.75) is 68.7 Å². The molecule has 1 aliphatic carbocycles. The van der Waals surface area contributed by atoms with Crippen LogP contribution in [0, 0.1) is 0 Å². The molecule has 5 nitrogen and oxygen atoms in total. The first kappa shape index (κ1) is 19.6. The Labute approximate surface area is 161 Å². The second-order valence-electron chi connectivity index (χ2n) is 7.27. The standard InChI is InChI=1S/C19H27ClN2O3S/c20-18-11-10-16(26(24,25)22-12-6-3-7-13-22)14-17(18)19(23)21-15-8-4-1-2-5-9-15/h10-11,14-15H,1-9,12-13H2,(H,21,23). The zero-order chi connectivity index (χ0) is 18.6. The van der Waals surface area contributed by atoms with Gasteiger partial charge in [0.05, 0.1) is 15.5 Å². The average Bonchev–Trinajstić information content (AvgIpc) is 2.91. The van der Waals surface area contributed by atoms with Gasteiger partial charge in [0, 0.05) is 19.1 Å². The first-order valence-electron chi connectivity index (χ1n) is 9.59. The van der Waals surface area contributed by atoms with Crippen molar-refractivity contribution in [2.24, 2.45) is 0 Å². The maximum absolute atomic E-state index is 12.9. The van der Waals surface area contributed by atoms with Gasteiger partial charge in [-0.25, -0.2) is 8.42 Å². The van der Waals surface area contributed by atoms with Crippen molar-refractivity contribution in [1.82, 2.24) is 9.62 Å². The van der Waals surface area contributed by atoms with Crippen LogP contribution in [0.2, 0.25) is 5.02 Å². The van der Waals surface area contributed by atoms with E-state index in [4.69, 9.17) is 11.6 Å². The number of piperidine rings is 1. The summed E-state index contributed by atoms with van der Waals surface area (Å²) in [5.74, 6) is -0.280. The van der Waals surface area contributed by atoms with Crippen LogP contribution in [0.15, 0.2) is 23.1 Å². The van der Waals surface area contributed by atoms with Crippen molar-refractivity contribution in [3.63, 3.8) is 0 Å². The molecule has 3 rings (SSSR count). The predicted octanol–water partition coefficient (Wildman–Crippen LogP) is 3.97. The van der Waals surface area contributed by atoms with Crippen LogP contribution in [-0.4, -0.2) is 37.8 Å². The van der Waals surface area contributed by atoms with E-state index in [9.17, 15) is 13.2 Å². The van der Waals surface area contributed by atoms with Crippen LogP contribution in [0.4, 0.5) is 0 Å². The van der Waals surface area contributed by atoms with Crippen molar-refractivity contribution in [1.29, 1.82) is 0 Å². The summed E-state index contributed by atoms with van der Waals surface area (Å²) >= 11 is 6.21. The molecule has 1 N–H and O–H groups in total. The minimum absolute atomic E-state index is 0.142. The Morgan fingerprint density at radius 1 is 1.00 bits per heavy atom. The zero-order valence-corrected chi connectivity index (χ0v) is 16.6. The Morgan fingerprint density at radius 3 is 2.27 bits per heavy atom. The molecule has 144 valence electrons. The van der Waals surface area contributed by atoms with Gasteiger partial charge in [-0.1, -0.05) is 43.7 Å². The normalized spacial score (nSPS) is 20.5. The summed E-state index contributed by atoms with van der Waals surface area (Å²) in [6, 6.07) is 4.58. The number of benzene rings is 1. The fraction of sp³-hybridized carbons (Fsp3) is 0.632. The van der Waals surface area contributed by atoms with Crippen molar-refractivity contribution in [3.05, 3.63) is 28.8 Å². The molecule has 1 aliphatic heterocycles. The number of sulfonamides is 1. The summed E-state index contributed by atoms with van der Waals surface area (Å²) in [5.41, 5.74) is 0.244. The molecule has 2 fully saturated rings. The molecule has 0 spiro atoms. The highest BCUT2D eigenvalue weighted by Gasteiger charge is 2.27. The monoisotopic (exact) mass is 398 g/mol. The molecule has 0 bridgehead atoms. The maximum atomic E-state index is 12.9. The second kappa shape index (κ2) is 8.72. The van der Waals surface area contributed by atoms with Crippen LogP contribution in [0.1, 0.15) is 68.1 Å². The number of hydrogen-bond donors (Lipinski definition) is 1. The first-order chi connectivity index (χ1) is 12.5. The van der Waals surface area contributed by atoms with Gasteiger partial charge in [0.1, 0.15) is 0 Å². The largest absolute Gasteiger partial charge is 0.349 e. The molecule has 26 heavy (non-hydrogen) atoms. The van der Waals surface area contributed by atoms with Gasteiger partial charge in [0.25, 0.3) is 5.91 Å². The van der Waals surface area contributed by atoms with E-state index in [-0.39, 0.29) is 27.4 Å². The number of halogens is 1. The molecule has 0 radical (unpaired) electrons.